The van der Waals surface area contributed by atoms with Crippen LogP contribution in [-0.4, -0.2) is 11.9 Å². The summed E-state index contributed by atoms with van der Waals surface area (Å²) < 4.78 is 0. The van der Waals surface area contributed by atoms with Crippen molar-refractivity contribution in [3.63, 3.8) is 0 Å². The topological polar surface area (TPSA) is 98.7 Å². The number of carboxylic acid groups (broad SMARTS) is 2. The van der Waals surface area contributed by atoms with Gasteiger partial charge in [-0.15, -0.1) is 0 Å². The first kappa shape index (κ1) is 21.9. The van der Waals surface area contributed by atoms with Crippen molar-refractivity contribution in [3.8, 4) is 0 Å². The van der Waals surface area contributed by atoms with E-state index in [-0.39, 0.29) is 84.8 Å². The third-order valence-corrected chi connectivity index (χ3v) is 4.20. The molecule has 1 aromatic rings. The van der Waals surface area contributed by atoms with Gasteiger partial charge in [0.15, 0.2) is 0 Å². The molecule has 0 fully saturated rings. The Hall–Kier alpha value is -0.180. The second kappa shape index (κ2) is 8.47. The van der Waals surface area contributed by atoms with E-state index in [4.69, 9.17) is 9.78 Å². The van der Waals surface area contributed by atoms with Crippen LogP contribution in [0.2, 0.25) is 0 Å². The van der Waals surface area contributed by atoms with E-state index in [1.54, 1.807) is 12.2 Å². The fourth-order valence-electron chi connectivity index (χ4n) is 3.06. The van der Waals surface area contributed by atoms with Crippen LogP contribution in [0.4, 0.5) is 0 Å². The molecular weight excluding hydrogens is 334 g/mol. The van der Waals surface area contributed by atoms with E-state index in [1.807, 2.05) is 24.3 Å². The Labute approximate surface area is 183 Å². The van der Waals surface area contributed by atoms with Gasteiger partial charge in [-0.05, 0) is 49.0 Å². The van der Waals surface area contributed by atoms with Gasteiger partial charge in [-0.1, -0.05) is 24.3 Å². The molecule has 0 spiro atoms. The zero-order valence-electron chi connectivity index (χ0n) is 13.7. The third kappa shape index (κ3) is 3.97. The summed E-state index contributed by atoms with van der Waals surface area (Å²) in [4.78, 5) is 32.5. The Morgan fingerprint density at radius 1 is 0.833 bits per heavy atom. The van der Waals surface area contributed by atoms with Gasteiger partial charge in [0.25, 0.3) is 0 Å². The first-order valence-corrected chi connectivity index (χ1v) is 7.04. The van der Waals surface area contributed by atoms with Crippen molar-refractivity contribution < 1.29 is 88.7 Å². The molecule has 0 unspecified atom stereocenters. The van der Waals surface area contributed by atoms with E-state index in [9.17, 15) is 19.8 Å². The molecule has 2 heterocycles. The molecule has 0 amide bonds. The van der Waals surface area contributed by atoms with Gasteiger partial charge in [0.05, 0.1) is 0 Å². The van der Waals surface area contributed by atoms with Crippen LogP contribution < -0.4 is 69.3 Å². The molecule has 1 aliphatic carbocycles. The SMILES string of the molecule is O=C([O-])CC[C@@]12C=C[C@@](CCC(=O)[O-])(OO1)c1ccccc12.[Na+].[Na+]. The van der Waals surface area contributed by atoms with Gasteiger partial charge in [0, 0.05) is 11.9 Å². The van der Waals surface area contributed by atoms with Crippen molar-refractivity contribution >= 4 is 11.9 Å². The van der Waals surface area contributed by atoms with Crippen LogP contribution in [0, 0.1) is 0 Å². The van der Waals surface area contributed by atoms with Gasteiger partial charge in [-0.25, -0.2) is 9.78 Å². The average molecular weight is 348 g/mol. The van der Waals surface area contributed by atoms with Crippen molar-refractivity contribution in [2.45, 2.75) is 36.9 Å². The van der Waals surface area contributed by atoms with E-state index in [0.717, 1.165) is 11.1 Å². The number of carbonyl (C=O) groups excluding carboxylic acids is 2. The number of aliphatic carboxylic acids is 2. The first-order valence-electron chi connectivity index (χ1n) is 7.04. The monoisotopic (exact) mass is 348 g/mol. The molecule has 0 saturated heterocycles. The summed E-state index contributed by atoms with van der Waals surface area (Å²) in [7, 11) is 0. The predicted molar refractivity (Wildman–Crippen MR) is 69.6 cm³/mol. The summed E-state index contributed by atoms with van der Waals surface area (Å²) in [5.74, 6) is -2.33. The minimum Gasteiger partial charge on any atom is -0.550 e. The normalized spacial score (nSPS) is 26.0. The quantitative estimate of drug-likeness (QED) is 0.288. The maximum absolute atomic E-state index is 10.8. The summed E-state index contributed by atoms with van der Waals surface area (Å²) in [6.07, 6.45) is 3.51. The maximum atomic E-state index is 10.8. The molecule has 0 saturated carbocycles. The van der Waals surface area contributed by atoms with Crippen molar-refractivity contribution in [1.29, 1.82) is 0 Å². The molecule has 2 bridgehead atoms. The van der Waals surface area contributed by atoms with Crippen LogP contribution in [-0.2, 0) is 30.6 Å². The average Bonchev–Trinajstić information content (AvgIpc) is 2.53. The van der Waals surface area contributed by atoms with Crippen molar-refractivity contribution in [2.24, 2.45) is 0 Å². The number of benzene rings is 1. The first-order chi connectivity index (χ1) is 10.5. The molecule has 1 aromatic carbocycles. The number of hydrogen-bond acceptors (Lipinski definition) is 6. The van der Waals surface area contributed by atoms with Crippen LogP contribution in [0.25, 0.3) is 0 Å². The molecular formula is C16H14Na2O6. The number of hydrogen-bond donors (Lipinski definition) is 0. The molecule has 2 atom stereocenters. The minimum absolute atomic E-state index is 0. The Morgan fingerprint density at radius 2 is 1.21 bits per heavy atom. The van der Waals surface area contributed by atoms with Gasteiger partial charge in [0.1, 0.15) is 11.2 Å². The van der Waals surface area contributed by atoms with E-state index >= 15 is 0 Å². The largest absolute Gasteiger partial charge is 1.00 e. The van der Waals surface area contributed by atoms with Crippen LogP contribution >= 0.6 is 0 Å². The molecule has 4 rings (SSSR count). The molecule has 116 valence electrons. The van der Waals surface area contributed by atoms with E-state index < -0.39 is 23.1 Å². The molecule has 3 aliphatic rings. The third-order valence-electron chi connectivity index (χ3n) is 4.20. The number of carbonyl (C=O) groups is 2. The minimum atomic E-state index is -1.16. The fourth-order valence-corrected chi connectivity index (χ4v) is 3.06. The Balaban J connectivity index is 0.00000144. The van der Waals surface area contributed by atoms with Crippen molar-refractivity contribution in [3.05, 3.63) is 47.5 Å². The Kier molecular flexibility index (Phi) is 7.71. The van der Waals surface area contributed by atoms with E-state index in [1.165, 1.54) is 0 Å². The van der Waals surface area contributed by atoms with Crippen molar-refractivity contribution in [2.75, 3.05) is 0 Å². The summed E-state index contributed by atoms with van der Waals surface area (Å²) in [5, 5.41) is 21.5. The number of fused-ring (bicyclic) bond motifs is 1. The smallest absolute Gasteiger partial charge is 0.550 e. The second-order valence-electron chi connectivity index (χ2n) is 5.57. The zero-order chi connectivity index (χ0) is 15.8. The molecule has 0 N–H and O–H groups in total. The predicted octanol–water partition coefficient (Wildman–Crippen LogP) is -6.32. The van der Waals surface area contributed by atoms with Crippen LogP contribution in [0.3, 0.4) is 0 Å². The summed E-state index contributed by atoms with van der Waals surface area (Å²) in [5.41, 5.74) is -0.355. The van der Waals surface area contributed by atoms with Crippen molar-refractivity contribution in [1.82, 2.24) is 0 Å². The van der Waals surface area contributed by atoms with E-state index in [2.05, 4.69) is 0 Å². The zero-order valence-corrected chi connectivity index (χ0v) is 17.7. The Bertz CT molecular complexity index is 607. The van der Waals surface area contributed by atoms with E-state index in [0.29, 0.717) is 0 Å². The van der Waals surface area contributed by atoms with Gasteiger partial charge >= 0.3 is 59.1 Å². The molecule has 0 radical (unpaired) electrons. The molecule has 0 aromatic heterocycles. The molecule has 2 aliphatic heterocycles. The Morgan fingerprint density at radius 3 is 1.50 bits per heavy atom. The maximum Gasteiger partial charge on any atom is 1.00 e. The molecule has 8 heteroatoms. The van der Waals surface area contributed by atoms with Crippen LogP contribution in [0.15, 0.2) is 36.4 Å². The van der Waals surface area contributed by atoms with Crippen LogP contribution in [0.1, 0.15) is 36.8 Å². The molecule has 6 nitrogen and oxygen atoms in total. The molecule has 24 heavy (non-hydrogen) atoms. The number of carboxylic acids is 2. The van der Waals surface area contributed by atoms with Gasteiger partial charge < -0.3 is 19.8 Å². The summed E-state index contributed by atoms with van der Waals surface area (Å²) in [6.45, 7) is 0. The summed E-state index contributed by atoms with van der Waals surface area (Å²) >= 11 is 0. The fraction of sp³-hybridized carbons (Fsp3) is 0.375. The second-order valence-corrected chi connectivity index (χ2v) is 5.57. The van der Waals surface area contributed by atoms with Gasteiger partial charge in [-0.3, -0.25) is 0 Å². The van der Waals surface area contributed by atoms with Crippen LogP contribution in [0.5, 0.6) is 0 Å². The summed E-state index contributed by atoms with van der Waals surface area (Å²) in [6, 6.07) is 7.32. The van der Waals surface area contributed by atoms with Gasteiger partial charge in [-0.2, -0.15) is 0 Å². The standard InChI is InChI=1S/C16H16O6.2Na/c17-13(18)5-7-15-9-10-16(22-21-15,8-6-14(19)20)12-4-2-1-3-11(12)15;;/h1-4,9-10H,5-8H2,(H,17,18)(H,19,20);;/q;2*+1/p-2/t15-,16+;;. The van der Waals surface area contributed by atoms with Gasteiger partial charge in [0.2, 0.25) is 0 Å². The number of rotatable bonds is 6.